The molecule has 8 nitrogen and oxygen atoms in total. The Morgan fingerprint density at radius 3 is 2.28 bits per heavy atom. The zero-order chi connectivity index (χ0) is 22.5. The van der Waals surface area contributed by atoms with Gasteiger partial charge in [-0.3, -0.25) is 14.2 Å². The number of carbonyl (C=O) groups excluding carboxylic acids is 2. The minimum Gasteiger partial charge on any atom is -0.494 e. The lowest BCUT2D eigenvalue weighted by Gasteiger charge is -2.09. The number of nitrogens with zero attached hydrogens (tertiary/aromatic N) is 1. The maximum absolute atomic E-state index is 12.5. The summed E-state index contributed by atoms with van der Waals surface area (Å²) >= 11 is 0. The second-order valence-electron chi connectivity index (χ2n) is 6.96. The highest BCUT2D eigenvalue weighted by molar-refractivity contribution is 6.04. The summed E-state index contributed by atoms with van der Waals surface area (Å²) in [6, 6.07) is 20.5. The quantitative estimate of drug-likeness (QED) is 0.462. The molecule has 1 aromatic heterocycles. The van der Waals surface area contributed by atoms with Crippen LogP contribution in [-0.4, -0.2) is 23.0 Å². The number of rotatable bonds is 7. The number of nitrogens with one attached hydrogen (secondary N) is 2. The average Bonchev–Trinajstić information content (AvgIpc) is 3.10. The van der Waals surface area contributed by atoms with Gasteiger partial charge in [0.2, 0.25) is 5.91 Å². The Hall–Kier alpha value is -4.33. The van der Waals surface area contributed by atoms with Gasteiger partial charge in [0.15, 0.2) is 5.58 Å². The molecule has 0 atom stereocenters. The van der Waals surface area contributed by atoms with Crippen molar-refractivity contribution in [3.8, 4) is 5.75 Å². The predicted octanol–water partition coefficient (Wildman–Crippen LogP) is 3.88. The zero-order valence-electron chi connectivity index (χ0n) is 17.3. The number of para-hydroxylation sites is 2. The molecule has 4 aromatic rings. The van der Waals surface area contributed by atoms with E-state index in [1.807, 2.05) is 6.92 Å². The van der Waals surface area contributed by atoms with Crippen LogP contribution in [0.2, 0.25) is 0 Å². The van der Waals surface area contributed by atoms with Crippen LogP contribution in [0.5, 0.6) is 5.75 Å². The number of amides is 2. The van der Waals surface area contributed by atoms with Crippen molar-refractivity contribution in [1.29, 1.82) is 0 Å². The Bertz CT molecular complexity index is 1300. The summed E-state index contributed by atoms with van der Waals surface area (Å²) in [6.07, 6.45) is 0. The third kappa shape index (κ3) is 4.70. The minimum absolute atomic E-state index is 0.185. The molecule has 8 heteroatoms. The minimum atomic E-state index is -0.595. The number of oxazole rings is 1. The molecule has 0 aliphatic carbocycles. The van der Waals surface area contributed by atoms with Crippen molar-refractivity contribution in [2.45, 2.75) is 13.5 Å². The number of hydrogen-bond acceptors (Lipinski definition) is 5. The Morgan fingerprint density at radius 1 is 0.906 bits per heavy atom. The first kappa shape index (κ1) is 20.9. The molecule has 162 valence electrons. The SMILES string of the molecule is CCOc1ccc(NC(=O)c2ccc(NC(=O)Cn3c(=O)oc4ccccc43)cc2)cc1. The fourth-order valence-electron chi connectivity index (χ4n) is 3.22. The number of hydrogen-bond donors (Lipinski definition) is 2. The van der Waals surface area contributed by atoms with E-state index in [4.69, 9.17) is 9.15 Å². The van der Waals surface area contributed by atoms with Gasteiger partial charge >= 0.3 is 5.76 Å². The second kappa shape index (κ2) is 9.22. The molecule has 0 saturated carbocycles. The summed E-state index contributed by atoms with van der Waals surface area (Å²) in [5, 5.41) is 5.53. The van der Waals surface area contributed by atoms with E-state index >= 15 is 0 Å². The van der Waals surface area contributed by atoms with Crippen LogP contribution in [0.3, 0.4) is 0 Å². The lowest BCUT2D eigenvalue weighted by molar-refractivity contribution is -0.116. The van der Waals surface area contributed by atoms with Crippen LogP contribution in [0.4, 0.5) is 11.4 Å². The van der Waals surface area contributed by atoms with E-state index < -0.39 is 5.76 Å². The van der Waals surface area contributed by atoms with Crippen molar-refractivity contribution in [3.05, 3.63) is 88.9 Å². The van der Waals surface area contributed by atoms with E-state index in [-0.39, 0.29) is 18.4 Å². The summed E-state index contributed by atoms with van der Waals surface area (Å²) in [5.74, 6) is -0.521. The number of aromatic nitrogens is 1. The second-order valence-corrected chi connectivity index (χ2v) is 6.96. The molecular weight excluding hydrogens is 410 g/mol. The van der Waals surface area contributed by atoms with Gasteiger partial charge in [-0.15, -0.1) is 0 Å². The van der Waals surface area contributed by atoms with Crippen LogP contribution in [0, 0.1) is 0 Å². The molecule has 0 spiro atoms. The van der Waals surface area contributed by atoms with Crippen molar-refractivity contribution in [2.24, 2.45) is 0 Å². The Balaban J connectivity index is 1.37. The topological polar surface area (TPSA) is 103 Å². The largest absolute Gasteiger partial charge is 0.494 e. The van der Waals surface area contributed by atoms with Crippen LogP contribution < -0.4 is 21.1 Å². The summed E-state index contributed by atoms with van der Waals surface area (Å²) in [4.78, 5) is 36.9. The fourth-order valence-corrected chi connectivity index (χ4v) is 3.22. The van der Waals surface area contributed by atoms with Gasteiger partial charge in [-0.25, -0.2) is 4.79 Å². The van der Waals surface area contributed by atoms with E-state index in [2.05, 4.69) is 10.6 Å². The van der Waals surface area contributed by atoms with Crippen molar-refractivity contribution in [1.82, 2.24) is 4.57 Å². The van der Waals surface area contributed by atoms with Gasteiger partial charge in [-0.1, -0.05) is 12.1 Å². The number of ether oxygens (including phenoxy) is 1. The first-order valence-electron chi connectivity index (χ1n) is 10.1. The predicted molar refractivity (Wildman–Crippen MR) is 121 cm³/mol. The van der Waals surface area contributed by atoms with Crippen LogP contribution in [0.1, 0.15) is 17.3 Å². The zero-order valence-corrected chi connectivity index (χ0v) is 17.3. The van der Waals surface area contributed by atoms with Crippen molar-refractivity contribution in [2.75, 3.05) is 17.2 Å². The summed E-state index contributed by atoms with van der Waals surface area (Å²) < 4.78 is 11.8. The molecule has 0 unspecified atom stereocenters. The molecule has 0 radical (unpaired) electrons. The smallest absolute Gasteiger partial charge is 0.420 e. The summed E-state index contributed by atoms with van der Waals surface area (Å²) in [7, 11) is 0. The summed E-state index contributed by atoms with van der Waals surface area (Å²) in [6.45, 7) is 2.29. The maximum atomic E-state index is 12.5. The lowest BCUT2D eigenvalue weighted by atomic mass is 10.2. The van der Waals surface area contributed by atoms with Gasteiger partial charge in [0.25, 0.3) is 5.91 Å². The molecule has 0 aliphatic heterocycles. The molecule has 0 fully saturated rings. The Labute approximate surface area is 183 Å². The standard InChI is InChI=1S/C24H21N3O5/c1-2-31-19-13-11-18(12-14-19)26-23(29)16-7-9-17(10-8-16)25-22(28)15-27-20-5-3-4-6-21(20)32-24(27)30/h3-14H,2,15H2,1H3,(H,25,28)(H,26,29). The molecule has 2 amide bonds. The van der Waals surface area contributed by atoms with Gasteiger partial charge in [0, 0.05) is 16.9 Å². The van der Waals surface area contributed by atoms with E-state index in [1.165, 1.54) is 4.57 Å². The summed E-state index contributed by atoms with van der Waals surface area (Å²) in [5.41, 5.74) is 2.57. The van der Waals surface area contributed by atoms with Crippen LogP contribution in [0.15, 0.2) is 82.0 Å². The van der Waals surface area contributed by atoms with Crippen molar-refractivity contribution >= 4 is 34.3 Å². The fraction of sp³-hybridized carbons (Fsp3) is 0.125. The van der Waals surface area contributed by atoms with Gasteiger partial charge in [-0.05, 0) is 67.6 Å². The third-order valence-electron chi connectivity index (χ3n) is 4.73. The number of fused-ring (bicyclic) bond motifs is 1. The van der Waals surface area contributed by atoms with Crippen LogP contribution in [0.25, 0.3) is 11.1 Å². The molecule has 0 aliphatic rings. The number of carbonyl (C=O) groups is 2. The van der Waals surface area contributed by atoms with Gasteiger partial charge in [0.1, 0.15) is 12.3 Å². The highest BCUT2D eigenvalue weighted by Gasteiger charge is 2.13. The maximum Gasteiger partial charge on any atom is 0.420 e. The Morgan fingerprint density at radius 2 is 1.56 bits per heavy atom. The molecule has 3 aromatic carbocycles. The Kier molecular flexibility index (Phi) is 6.03. The molecule has 2 N–H and O–H groups in total. The van der Waals surface area contributed by atoms with Crippen molar-refractivity contribution < 1.29 is 18.7 Å². The number of benzene rings is 3. The highest BCUT2D eigenvalue weighted by Crippen LogP contribution is 2.17. The van der Waals surface area contributed by atoms with E-state index in [1.54, 1.807) is 72.8 Å². The van der Waals surface area contributed by atoms with Crippen LogP contribution in [-0.2, 0) is 11.3 Å². The van der Waals surface area contributed by atoms with E-state index in [0.717, 1.165) is 5.75 Å². The normalized spacial score (nSPS) is 10.7. The van der Waals surface area contributed by atoms with Crippen molar-refractivity contribution in [3.63, 3.8) is 0 Å². The average molecular weight is 431 g/mol. The third-order valence-corrected chi connectivity index (χ3v) is 4.73. The highest BCUT2D eigenvalue weighted by atomic mass is 16.5. The molecule has 0 saturated heterocycles. The molecular formula is C24H21N3O5. The van der Waals surface area contributed by atoms with Gasteiger partial charge in [-0.2, -0.15) is 0 Å². The van der Waals surface area contributed by atoms with Gasteiger partial charge in [0.05, 0.1) is 12.1 Å². The van der Waals surface area contributed by atoms with E-state index in [0.29, 0.717) is 34.6 Å². The number of anilines is 2. The lowest BCUT2D eigenvalue weighted by Crippen LogP contribution is -2.24. The van der Waals surface area contributed by atoms with E-state index in [9.17, 15) is 14.4 Å². The monoisotopic (exact) mass is 431 g/mol. The molecule has 0 bridgehead atoms. The van der Waals surface area contributed by atoms with Gasteiger partial charge < -0.3 is 19.8 Å². The molecule has 4 rings (SSSR count). The van der Waals surface area contributed by atoms with Crippen LogP contribution >= 0.6 is 0 Å². The first-order chi connectivity index (χ1) is 15.5. The first-order valence-corrected chi connectivity index (χ1v) is 10.1. The molecule has 32 heavy (non-hydrogen) atoms. The molecule has 1 heterocycles.